The predicted octanol–water partition coefficient (Wildman–Crippen LogP) is 1.70. The van der Waals surface area contributed by atoms with Gasteiger partial charge in [0.05, 0.1) is 12.7 Å². The van der Waals surface area contributed by atoms with Crippen LogP contribution in [-0.4, -0.2) is 51.3 Å². The van der Waals surface area contributed by atoms with Crippen molar-refractivity contribution < 1.29 is 24.9 Å². The fourth-order valence-electron chi connectivity index (χ4n) is 3.59. The monoisotopic (exact) mass is 369 g/mol. The van der Waals surface area contributed by atoms with E-state index in [9.17, 15) is 19.8 Å². The van der Waals surface area contributed by atoms with Crippen molar-refractivity contribution in [2.75, 3.05) is 13.1 Å². The van der Waals surface area contributed by atoms with Crippen molar-refractivity contribution in [3.63, 3.8) is 0 Å². The molecule has 0 saturated carbocycles. The van der Waals surface area contributed by atoms with Gasteiger partial charge in [-0.15, -0.1) is 0 Å². The van der Waals surface area contributed by atoms with E-state index >= 15 is 0 Å². The molecule has 0 radical (unpaired) electrons. The Kier molecular flexibility index (Phi) is 5.58. The summed E-state index contributed by atoms with van der Waals surface area (Å²) < 4.78 is 0. The Morgan fingerprint density at radius 1 is 1.04 bits per heavy atom. The molecule has 0 spiro atoms. The van der Waals surface area contributed by atoms with Crippen molar-refractivity contribution in [2.24, 2.45) is 5.41 Å². The van der Waals surface area contributed by atoms with Gasteiger partial charge in [0, 0.05) is 18.7 Å². The van der Waals surface area contributed by atoms with E-state index in [4.69, 9.17) is 5.11 Å². The van der Waals surface area contributed by atoms with Gasteiger partial charge >= 0.3 is 5.97 Å². The molecule has 0 bridgehead atoms. The van der Waals surface area contributed by atoms with E-state index in [1.54, 1.807) is 24.3 Å². The Morgan fingerprint density at radius 2 is 1.70 bits per heavy atom. The molecule has 1 fully saturated rings. The van der Waals surface area contributed by atoms with Crippen molar-refractivity contribution in [1.82, 2.24) is 4.90 Å². The number of aliphatic carboxylic acids is 1. The molecule has 1 saturated heterocycles. The lowest BCUT2D eigenvalue weighted by Gasteiger charge is -2.43. The molecule has 1 amide bonds. The molecule has 6 nitrogen and oxygen atoms in total. The molecule has 2 aromatic carbocycles. The first-order valence-corrected chi connectivity index (χ1v) is 8.91. The average molecular weight is 369 g/mol. The number of likely N-dealkylation sites (tertiary alicyclic amines) is 1. The molecule has 0 aliphatic carbocycles. The van der Waals surface area contributed by atoms with Crippen molar-refractivity contribution >= 4 is 11.9 Å². The zero-order valence-electron chi connectivity index (χ0n) is 14.9. The van der Waals surface area contributed by atoms with Crippen LogP contribution >= 0.6 is 0 Å². The van der Waals surface area contributed by atoms with Crippen LogP contribution in [0.25, 0.3) is 0 Å². The maximum atomic E-state index is 12.7. The summed E-state index contributed by atoms with van der Waals surface area (Å²) in [5, 5.41) is 29.6. The normalized spacial score (nSPS) is 22.4. The van der Waals surface area contributed by atoms with Crippen molar-refractivity contribution in [3.8, 4) is 0 Å². The number of benzene rings is 2. The Balaban J connectivity index is 1.76. The van der Waals surface area contributed by atoms with Gasteiger partial charge < -0.3 is 20.2 Å². The largest absolute Gasteiger partial charge is 0.481 e. The van der Waals surface area contributed by atoms with Gasteiger partial charge in [-0.3, -0.25) is 9.59 Å². The number of carboxylic acid groups (broad SMARTS) is 1. The molecule has 0 aromatic heterocycles. The third-order valence-electron chi connectivity index (χ3n) is 5.32. The second-order valence-corrected chi connectivity index (χ2v) is 7.00. The number of nitrogens with zero attached hydrogens (tertiary/aromatic N) is 1. The van der Waals surface area contributed by atoms with E-state index in [1.807, 2.05) is 30.3 Å². The Bertz CT molecular complexity index is 805. The van der Waals surface area contributed by atoms with Crippen LogP contribution in [0.15, 0.2) is 54.6 Å². The highest BCUT2D eigenvalue weighted by atomic mass is 16.4. The first-order chi connectivity index (χ1) is 13.0. The second kappa shape index (κ2) is 7.90. The molecule has 142 valence electrons. The second-order valence-electron chi connectivity index (χ2n) is 7.00. The Hall–Kier alpha value is -2.70. The van der Waals surface area contributed by atoms with Crippen LogP contribution in [0.1, 0.15) is 27.9 Å². The minimum atomic E-state index is -1.31. The van der Waals surface area contributed by atoms with Crippen LogP contribution in [-0.2, 0) is 17.8 Å². The number of β-amino-alcohol motifs (C(OH)–C–C–N with tert-alkyl or cyclic N) is 1. The lowest BCUT2D eigenvalue weighted by molar-refractivity contribution is -0.161. The Morgan fingerprint density at radius 3 is 2.26 bits per heavy atom. The summed E-state index contributed by atoms with van der Waals surface area (Å²) in [4.78, 5) is 26.2. The number of hydrogen-bond donors (Lipinski definition) is 3. The van der Waals surface area contributed by atoms with E-state index in [1.165, 1.54) is 4.90 Å². The first kappa shape index (κ1) is 19.1. The first-order valence-electron chi connectivity index (χ1n) is 8.91. The summed E-state index contributed by atoms with van der Waals surface area (Å²) in [6, 6.07) is 15.8. The highest BCUT2D eigenvalue weighted by Crippen LogP contribution is 2.36. The molecule has 0 unspecified atom stereocenters. The number of hydrogen-bond acceptors (Lipinski definition) is 4. The molecule has 3 rings (SSSR count). The van der Waals surface area contributed by atoms with Gasteiger partial charge in [0.15, 0.2) is 0 Å². The number of aliphatic hydroxyl groups excluding tert-OH is 2. The van der Waals surface area contributed by atoms with Crippen molar-refractivity contribution in [3.05, 3.63) is 71.3 Å². The fraction of sp³-hybridized carbons (Fsp3) is 0.333. The highest BCUT2D eigenvalue weighted by Gasteiger charge is 2.49. The number of carboxylic acids is 1. The number of amides is 1. The maximum Gasteiger partial charge on any atom is 0.312 e. The zero-order valence-corrected chi connectivity index (χ0v) is 14.9. The molecule has 3 N–H and O–H groups in total. The van der Waals surface area contributed by atoms with Crippen LogP contribution in [0.2, 0.25) is 0 Å². The van der Waals surface area contributed by atoms with Gasteiger partial charge in [-0.05, 0) is 36.1 Å². The minimum absolute atomic E-state index is 0.0281. The third kappa shape index (κ3) is 3.86. The minimum Gasteiger partial charge on any atom is -0.481 e. The van der Waals surface area contributed by atoms with Gasteiger partial charge in [0.25, 0.3) is 5.91 Å². The van der Waals surface area contributed by atoms with Gasteiger partial charge in [-0.25, -0.2) is 0 Å². The maximum absolute atomic E-state index is 12.7. The molecular weight excluding hydrogens is 346 g/mol. The summed E-state index contributed by atoms with van der Waals surface area (Å²) in [6.45, 7) is 0.133. The van der Waals surface area contributed by atoms with E-state index in [2.05, 4.69) is 0 Å². The standard InChI is InChI=1S/C21H23NO5/c23-14-16-6-8-17(9-7-16)19(25)22-11-10-21(20(26)27,18(24)13-22)12-15-4-2-1-3-5-15/h1-9,18,23-24H,10-14H2,(H,26,27)/t18-,21-/m1/s1. The summed E-state index contributed by atoms with van der Waals surface area (Å²) in [5.74, 6) is -1.30. The topological polar surface area (TPSA) is 98.1 Å². The summed E-state index contributed by atoms with van der Waals surface area (Å²) in [6.07, 6.45) is -0.763. The number of rotatable bonds is 5. The van der Waals surface area contributed by atoms with E-state index in [0.717, 1.165) is 5.56 Å². The molecule has 6 heteroatoms. The molecule has 2 aromatic rings. The molecular formula is C21H23NO5. The predicted molar refractivity (Wildman–Crippen MR) is 99.1 cm³/mol. The van der Waals surface area contributed by atoms with Crippen LogP contribution < -0.4 is 0 Å². The van der Waals surface area contributed by atoms with E-state index < -0.39 is 17.5 Å². The summed E-state index contributed by atoms with van der Waals surface area (Å²) in [5.41, 5.74) is 0.695. The number of carbonyl (C=O) groups excluding carboxylic acids is 1. The van der Waals surface area contributed by atoms with Crippen LogP contribution in [0.5, 0.6) is 0 Å². The quantitative estimate of drug-likeness (QED) is 0.745. The molecule has 2 atom stereocenters. The lowest BCUT2D eigenvalue weighted by atomic mass is 9.71. The SMILES string of the molecule is O=C(c1ccc(CO)cc1)N1CC[C@](Cc2ccccc2)(C(=O)O)[C@H](O)C1. The van der Waals surface area contributed by atoms with Gasteiger partial charge in [-0.2, -0.15) is 0 Å². The zero-order chi connectivity index (χ0) is 19.4. The van der Waals surface area contributed by atoms with E-state index in [0.29, 0.717) is 11.1 Å². The Labute approximate surface area is 157 Å². The number of carbonyl (C=O) groups is 2. The van der Waals surface area contributed by atoms with Crippen LogP contribution in [0.3, 0.4) is 0 Å². The number of piperidine rings is 1. The highest BCUT2D eigenvalue weighted by molar-refractivity contribution is 5.94. The van der Waals surface area contributed by atoms with E-state index in [-0.39, 0.29) is 38.4 Å². The smallest absolute Gasteiger partial charge is 0.312 e. The van der Waals surface area contributed by atoms with Gasteiger partial charge in [-0.1, -0.05) is 42.5 Å². The molecule has 1 heterocycles. The average Bonchev–Trinajstić information content (AvgIpc) is 2.69. The van der Waals surface area contributed by atoms with Crippen LogP contribution in [0, 0.1) is 5.41 Å². The van der Waals surface area contributed by atoms with Crippen molar-refractivity contribution in [2.45, 2.75) is 25.6 Å². The number of aliphatic hydroxyl groups is 2. The van der Waals surface area contributed by atoms with Gasteiger partial charge in [0.1, 0.15) is 5.41 Å². The molecule has 1 aliphatic rings. The fourth-order valence-corrected chi connectivity index (χ4v) is 3.59. The molecule has 27 heavy (non-hydrogen) atoms. The van der Waals surface area contributed by atoms with Crippen molar-refractivity contribution in [1.29, 1.82) is 0 Å². The molecule has 1 aliphatic heterocycles. The summed E-state index contributed by atoms with van der Waals surface area (Å²) in [7, 11) is 0. The third-order valence-corrected chi connectivity index (χ3v) is 5.32. The van der Waals surface area contributed by atoms with Gasteiger partial charge in [0.2, 0.25) is 0 Å². The summed E-state index contributed by atoms with van der Waals surface area (Å²) >= 11 is 0. The lowest BCUT2D eigenvalue weighted by Crippen LogP contribution is -2.57. The van der Waals surface area contributed by atoms with Crippen LogP contribution in [0.4, 0.5) is 0 Å².